The summed E-state index contributed by atoms with van der Waals surface area (Å²) in [5, 5.41) is 10.4. The van der Waals surface area contributed by atoms with Crippen LogP contribution in [0.3, 0.4) is 0 Å². The van der Waals surface area contributed by atoms with Gasteiger partial charge in [-0.05, 0) is 18.2 Å². The molecule has 0 saturated heterocycles. The molecule has 1 aromatic carbocycles. The highest BCUT2D eigenvalue weighted by atomic mass is 79.9. The van der Waals surface area contributed by atoms with E-state index >= 15 is 0 Å². The van der Waals surface area contributed by atoms with Crippen LogP contribution in [0.1, 0.15) is 14.7 Å². The maximum atomic E-state index is 14.0. The van der Waals surface area contributed by atoms with Crippen LogP contribution in [0.25, 0.3) is 11.3 Å². The summed E-state index contributed by atoms with van der Waals surface area (Å²) in [5.74, 6) is -4.63. The number of carboxylic acids is 1. The number of aromatic nitrogens is 1. The summed E-state index contributed by atoms with van der Waals surface area (Å²) in [7, 11) is 0. The van der Waals surface area contributed by atoms with Gasteiger partial charge < -0.3 is 14.6 Å². The van der Waals surface area contributed by atoms with Gasteiger partial charge >= 0.3 is 5.92 Å². The lowest BCUT2D eigenvalue weighted by atomic mass is 10.1. The molecule has 8 heteroatoms. The van der Waals surface area contributed by atoms with E-state index in [-0.39, 0.29) is 11.4 Å². The molecular formula is C12H5BrF2NO3S-. The fraction of sp³-hybridized carbons (Fsp3) is 0.167. The molecule has 0 radical (unpaired) electrons. The van der Waals surface area contributed by atoms with Crippen LogP contribution in [0.2, 0.25) is 0 Å². The minimum atomic E-state index is -3.30. The third kappa shape index (κ3) is 2.08. The van der Waals surface area contributed by atoms with E-state index in [0.29, 0.717) is 21.4 Å². The van der Waals surface area contributed by atoms with Crippen LogP contribution in [-0.2, 0) is 5.92 Å². The monoisotopic (exact) mass is 360 g/mol. The minimum absolute atomic E-state index is 0.0759. The minimum Gasteiger partial charge on any atom is -0.542 e. The number of carbonyl (C=O) groups excluding carboxylic acids is 1. The molecule has 2 heterocycles. The lowest BCUT2D eigenvalue weighted by Crippen LogP contribution is -2.22. The average molecular weight is 361 g/mol. The van der Waals surface area contributed by atoms with E-state index in [1.54, 1.807) is 12.1 Å². The Morgan fingerprint density at radius 3 is 2.95 bits per heavy atom. The van der Waals surface area contributed by atoms with Gasteiger partial charge in [0.1, 0.15) is 21.6 Å². The molecule has 0 bridgehead atoms. The SMILES string of the molecule is O=C([O-])c1nc2c(s1)C(F)(F)COc1ccc(Br)cc1-2. The Hall–Kier alpha value is -1.54. The van der Waals surface area contributed by atoms with Gasteiger partial charge in [0.05, 0.1) is 5.69 Å². The van der Waals surface area contributed by atoms with Gasteiger partial charge in [-0.25, -0.2) is 4.98 Å². The summed E-state index contributed by atoms with van der Waals surface area (Å²) in [5.41, 5.74) is 0.253. The standard InChI is InChI=1S/C12H6BrF2NO3S/c13-5-1-2-7-6(3-5)8-9(12(14,15)4-19-7)20-10(16-8)11(17)18/h1-3H,4H2,(H,17,18)/p-1. The zero-order chi connectivity index (χ0) is 14.5. The number of rotatable bonds is 1. The van der Waals surface area contributed by atoms with Crippen molar-refractivity contribution in [2.24, 2.45) is 0 Å². The van der Waals surface area contributed by atoms with Gasteiger partial charge in [-0.2, -0.15) is 8.78 Å². The Balaban J connectivity index is 2.30. The number of carbonyl (C=O) groups is 1. The molecule has 0 N–H and O–H groups in total. The summed E-state index contributed by atoms with van der Waals surface area (Å²) < 4.78 is 33.8. The van der Waals surface area contributed by atoms with E-state index in [2.05, 4.69) is 20.9 Å². The quantitative estimate of drug-likeness (QED) is 0.783. The highest BCUT2D eigenvalue weighted by Gasteiger charge is 2.41. The first-order valence-electron chi connectivity index (χ1n) is 5.42. The van der Waals surface area contributed by atoms with Crippen LogP contribution in [0.5, 0.6) is 5.75 Å². The lowest BCUT2D eigenvalue weighted by molar-refractivity contribution is -0.255. The predicted molar refractivity (Wildman–Crippen MR) is 69.0 cm³/mol. The number of aromatic carboxylic acids is 1. The first-order chi connectivity index (χ1) is 9.38. The first kappa shape index (κ1) is 13.4. The molecule has 1 aromatic heterocycles. The molecule has 1 aliphatic rings. The normalized spacial score (nSPS) is 15.8. The number of fused-ring (bicyclic) bond motifs is 3. The Morgan fingerprint density at radius 2 is 2.25 bits per heavy atom. The first-order valence-corrected chi connectivity index (χ1v) is 7.02. The molecule has 0 unspecified atom stereocenters. The van der Waals surface area contributed by atoms with Crippen molar-refractivity contribution >= 4 is 33.2 Å². The van der Waals surface area contributed by atoms with E-state index < -0.39 is 28.4 Å². The Bertz CT molecular complexity index is 717. The molecule has 0 spiro atoms. The van der Waals surface area contributed by atoms with Crippen LogP contribution in [0, 0.1) is 0 Å². The van der Waals surface area contributed by atoms with Crippen LogP contribution in [0.4, 0.5) is 8.78 Å². The van der Waals surface area contributed by atoms with Crippen molar-refractivity contribution in [2.45, 2.75) is 5.92 Å². The third-order valence-corrected chi connectivity index (χ3v) is 4.38. The predicted octanol–water partition coefficient (Wildman–Crippen LogP) is 2.42. The highest BCUT2D eigenvalue weighted by Crippen LogP contribution is 2.46. The number of alkyl halides is 2. The third-order valence-electron chi connectivity index (χ3n) is 2.74. The zero-order valence-electron chi connectivity index (χ0n) is 9.65. The van der Waals surface area contributed by atoms with Crippen LogP contribution >= 0.6 is 27.3 Å². The molecule has 4 nitrogen and oxygen atoms in total. The van der Waals surface area contributed by atoms with E-state index in [4.69, 9.17) is 4.74 Å². The average Bonchev–Trinajstić information content (AvgIpc) is 2.79. The molecule has 0 aliphatic carbocycles. The molecule has 20 heavy (non-hydrogen) atoms. The molecular weight excluding hydrogens is 356 g/mol. The molecule has 2 aromatic rings. The smallest absolute Gasteiger partial charge is 0.317 e. The van der Waals surface area contributed by atoms with Gasteiger partial charge in [0.2, 0.25) is 0 Å². The largest absolute Gasteiger partial charge is 0.542 e. The lowest BCUT2D eigenvalue weighted by Gasteiger charge is -2.12. The van der Waals surface area contributed by atoms with Crippen molar-refractivity contribution in [3.05, 3.63) is 32.6 Å². The summed E-state index contributed by atoms with van der Waals surface area (Å²) in [6.45, 7) is -0.858. The molecule has 104 valence electrons. The van der Waals surface area contributed by atoms with Gasteiger partial charge in [-0.3, -0.25) is 0 Å². The van der Waals surface area contributed by atoms with Crippen LogP contribution in [0.15, 0.2) is 22.7 Å². The number of thiazole rings is 1. The Kier molecular flexibility index (Phi) is 3.02. The van der Waals surface area contributed by atoms with Crippen molar-refractivity contribution in [1.29, 1.82) is 0 Å². The van der Waals surface area contributed by atoms with E-state index in [0.717, 1.165) is 0 Å². The number of hydrogen-bond acceptors (Lipinski definition) is 5. The van der Waals surface area contributed by atoms with Crippen molar-refractivity contribution < 1.29 is 23.4 Å². The zero-order valence-corrected chi connectivity index (χ0v) is 12.1. The number of halogens is 3. The van der Waals surface area contributed by atoms with Gasteiger partial charge in [-0.1, -0.05) is 15.9 Å². The Labute approximate surface area is 124 Å². The molecule has 3 rings (SSSR count). The summed E-state index contributed by atoms with van der Waals surface area (Å²) in [4.78, 5) is 14.2. The van der Waals surface area contributed by atoms with Gasteiger partial charge in [0.15, 0.2) is 6.61 Å². The van der Waals surface area contributed by atoms with E-state index in [9.17, 15) is 18.7 Å². The van der Waals surface area contributed by atoms with E-state index in [1.807, 2.05) is 0 Å². The van der Waals surface area contributed by atoms with Gasteiger partial charge in [-0.15, -0.1) is 11.3 Å². The van der Waals surface area contributed by atoms with Crippen LogP contribution in [-0.4, -0.2) is 17.6 Å². The second kappa shape index (κ2) is 4.49. The second-order valence-electron chi connectivity index (χ2n) is 4.12. The number of hydrogen-bond donors (Lipinski definition) is 0. The maximum Gasteiger partial charge on any atom is 0.317 e. The number of ether oxygens (including phenoxy) is 1. The summed E-state index contributed by atoms with van der Waals surface area (Å²) in [6, 6.07) is 4.74. The van der Waals surface area contributed by atoms with E-state index in [1.165, 1.54) is 6.07 Å². The fourth-order valence-electron chi connectivity index (χ4n) is 1.88. The van der Waals surface area contributed by atoms with Gasteiger partial charge in [0.25, 0.3) is 0 Å². The van der Waals surface area contributed by atoms with Crippen molar-refractivity contribution in [3.63, 3.8) is 0 Å². The summed E-state index contributed by atoms with van der Waals surface area (Å²) in [6.07, 6.45) is 0. The van der Waals surface area contributed by atoms with Gasteiger partial charge in [0, 0.05) is 10.0 Å². The molecule has 1 aliphatic heterocycles. The molecule has 0 amide bonds. The van der Waals surface area contributed by atoms with Crippen molar-refractivity contribution in [1.82, 2.24) is 4.98 Å². The molecule has 0 atom stereocenters. The second-order valence-corrected chi connectivity index (χ2v) is 6.03. The number of carboxylic acid groups (broad SMARTS) is 1. The molecule has 0 fully saturated rings. The van der Waals surface area contributed by atoms with Crippen LogP contribution < -0.4 is 9.84 Å². The van der Waals surface area contributed by atoms with Crippen molar-refractivity contribution in [2.75, 3.05) is 6.61 Å². The number of nitrogens with zero attached hydrogens (tertiary/aromatic N) is 1. The summed E-state index contributed by atoms with van der Waals surface area (Å²) >= 11 is 3.65. The number of benzene rings is 1. The van der Waals surface area contributed by atoms with Crippen molar-refractivity contribution in [3.8, 4) is 17.0 Å². The molecule has 0 saturated carbocycles. The fourth-order valence-corrected chi connectivity index (χ4v) is 3.12. The topological polar surface area (TPSA) is 62.2 Å². The highest BCUT2D eigenvalue weighted by molar-refractivity contribution is 9.10. The maximum absolute atomic E-state index is 14.0. The Morgan fingerprint density at radius 1 is 1.50 bits per heavy atom.